The number of carbonyl (C=O) groups excluding carboxylic acids is 3. The Morgan fingerprint density at radius 1 is 1.21 bits per heavy atom. The van der Waals surface area contributed by atoms with E-state index in [0.29, 0.717) is 42.9 Å². The number of nitrogens with zero attached hydrogens (tertiary/aromatic N) is 1. The number of hydrogen-bond donors (Lipinski definition) is 2. The summed E-state index contributed by atoms with van der Waals surface area (Å²) in [4.78, 5) is 39.2. The molecular formula is C21H25ClN2O4. The predicted molar refractivity (Wildman–Crippen MR) is 106 cm³/mol. The molecule has 1 aromatic carbocycles. The molecule has 1 aromatic rings. The standard InChI is InChI=1S/C21H25ClN2O4/c1-12(2)11-16-19(26)17(20(27)23-16)21(28)24-9-7-14(8-10-24)18(25)13-3-5-15(22)6-4-13/h3-6,12,14,16,26H,7-11H2,1-2H3,(H,23,27). The predicted octanol–water partition coefficient (Wildman–Crippen LogP) is 3.12. The average molecular weight is 405 g/mol. The molecule has 28 heavy (non-hydrogen) atoms. The summed E-state index contributed by atoms with van der Waals surface area (Å²) in [7, 11) is 0. The van der Waals surface area contributed by atoms with Gasteiger partial charge in [0.15, 0.2) is 5.78 Å². The van der Waals surface area contributed by atoms with Gasteiger partial charge >= 0.3 is 0 Å². The zero-order valence-electron chi connectivity index (χ0n) is 16.1. The summed E-state index contributed by atoms with van der Waals surface area (Å²) in [6.45, 7) is 4.73. The Morgan fingerprint density at radius 2 is 1.82 bits per heavy atom. The number of carbonyl (C=O) groups is 3. The van der Waals surface area contributed by atoms with Crippen LogP contribution < -0.4 is 5.32 Å². The lowest BCUT2D eigenvalue weighted by atomic mass is 9.88. The van der Waals surface area contributed by atoms with Gasteiger partial charge in [-0.15, -0.1) is 0 Å². The Bertz CT molecular complexity index is 808. The van der Waals surface area contributed by atoms with Crippen LogP contribution in [0.4, 0.5) is 0 Å². The van der Waals surface area contributed by atoms with Crippen molar-refractivity contribution in [3.63, 3.8) is 0 Å². The SMILES string of the molecule is CC(C)CC1NC(=O)C(C(=O)N2CCC(C(=O)c3ccc(Cl)cc3)CC2)=C1O. The molecule has 1 saturated heterocycles. The molecule has 2 amide bonds. The molecule has 6 nitrogen and oxygen atoms in total. The van der Waals surface area contributed by atoms with E-state index in [1.807, 2.05) is 13.8 Å². The molecule has 0 spiro atoms. The highest BCUT2D eigenvalue weighted by atomic mass is 35.5. The number of ketones is 1. The van der Waals surface area contributed by atoms with Crippen LogP contribution in [0.1, 0.15) is 43.5 Å². The zero-order valence-corrected chi connectivity index (χ0v) is 16.8. The van der Waals surface area contributed by atoms with Gasteiger partial charge in [-0.05, 0) is 49.4 Å². The fourth-order valence-corrected chi connectivity index (χ4v) is 3.92. The van der Waals surface area contributed by atoms with E-state index in [0.717, 1.165) is 0 Å². The van der Waals surface area contributed by atoms with Gasteiger partial charge in [-0.2, -0.15) is 0 Å². The number of nitrogens with one attached hydrogen (secondary N) is 1. The van der Waals surface area contributed by atoms with Gasteiger partial charge in [0.2, 0.25) is 0 Å². The number of aliphatic hydroxyl groups is 1. The molecule has 2 N–H and O–H groups in total. The Labute approximate surface area is 169 Å². The summed E-state index contributed by atoms with van der Waals surface area (Å²) in [6, 6.07) is 6.30. The molecule has 1 fully saturated rings. The van der Waals surface area contributed by atoms with E-state index in [2.05, 4.69) is 5.32 Å². The summed E-state index contributed by atoms with van der Waals surface area (Å²) < 4.78 is 0. The fourth-order valence-electron chi connectivity index (χ4n) is 3.79. The van der Waals surface area contributed by atoms with Crippen molar-refractivity contribution in [1.82, 2.24) is 10.2 Å². The number of piperidine rings is 1. The van der Waals surface area contributed by atoms with Gasteiger partial charge in [0, 0.05) is 29.6 Å². The lowest BCUT2D eigenvalue weighted by molar-refractivity contribution is -0.131. The first-order valence-electron chi connectivity index (χ1n) is 9.61. The molecule has 2 heterocycles. The van der Waals surface area contributed by atoms with Crippen LogP contribution in [0.5, 0.6) is 0 Å². The second-order valence-electron chi connectivity index (χ2n) is 7.85. The highest BCUT2D eigenvalue weighted by molar-refractivity contribution is 6.30. The van der Waals surface area contributed by atoms with Gasteiger partial charge in [-0.3, -0.25) is 14.4 Å². The van der Waals surface area contributed by atoms with Crippen molar-refractivity contribution in [2.45, 2.75) is 39.2 Å². The molecule has 0 aliphatic carbocycles. The topological polar surface area (TPSA) is 86.7 Å². The van der Waals surface area contributed by atoms with Crippen LogP contribution in [0.15, 0.2) is 35.6 Å². The summed E-state index contributed by atoms with van der Waals surface area (Å²) >= 11 is 5.87. The van der Waals surface area contributed by atoms with Crippen LogP contribution in [0, 0.1) is 11.8 Å². The maximum absolute atomic E-state index is 12.8. The number of Topliss-reactive ketones (excluding diaryl/α,β-unsaturated/α-hetero) is 1. The van der Waals surface area contributed by atoms with Gasteiger partial charge < -0.3 is 15.3 Å². The molecule has 1 unspecified atom stereocenters. The molecule has 1 atom stereocenters. The summed E-state index contributed by atoms with van der Waals surface area (Å²) in [5, 5.41) is 13.6. The van der Waals surface area contributed by atoms with E-state index in [9.17, 15) is 19.5 Å². The number of aliphatic hydroxyl groups excluding tert-OH is 1. The normalized spacial score (nSPS) is 20.6. The van der Waals surface area contributed by atoms with Crippen molar-refractivity contribution in [1.29, 1.82) is 0 Å². The maximum Gasteiger partial charge on any atom is 0.262 e. The second kappa shape index (κ2) is 8.35. The Balaban J connectivity index is 1.63. The van der Waals surface area contributed by atoms with E-state index in [1.165, 1.54) is 0 Å². The van der Waals surface area contributed by atoms with Crippen molar-refractivity contribution >= 4 is 29.2 Å². The molecule has 3 rings (SSSR count). The third-order valence-electron chi connectivity index (χ3n) is 5.32. The number of rotatable bonds is 5. The molecule has 0 radical (unpaired) electrons. The quantitative estimate of drug-likeness (QED) is 0.583. The minimum Gasteiger partial charge on any atom is -0.509 e. The first-order valence-corrected chi connectivity index (χ1v) is 9.98. The third-order valence-corrected chi connectivity index (χ3v) is 5.57. The molecule has 0 bridgehead atoms. The first kappa shape index (κ1) is 20.4. The molecule has 2 aliphatic heterocycles. The van der Waals surface area contributed by atoms with Crippen LogP contribution in [0.25, 0.3) is 0 Å². The molecule has 150 valence electrons. The minimum atomic E-state index is -0.521. The number of benzene rings is 1. The summed E-state index contributed by atoms with van der Waals surface area (Å²) in [6.07, 6.45) is 1.63. The summed E-state index contributed by atoms with van der Waals surface area (Å²) in [5.41, 5.74) is 0.453. The van der Waals surface area contributed by atoms with Crippen molar-refractivity contribution in [3.05, 3.63) is 46.2 Å². The lowest BCUT2D eigenvalue weighted by Gasteiger charge is -2.31. The van der Waals surface area contributed by atoms with Crippen LogP contribution in [-0.4, -0.2) is 46.7 Å². The van der Waals surface area contributed by atoms with Gasteiger partial charge in [-0.1, -0.05) is 25.4 Å². The average Bonchev–Trinajstić information content (AvgIpc) is 2.94. The van der Waals surface area contributed by atoms with Crippen LogP contribution >= 0.6 is 11.6 Å². The van der Waals surface area contributed by atoms with Crippen LogP contribution in [0.3, 0.4) is 0 Å². The zero-order chi connectivity index (χ0) is 20.4. The minimum absolute atomic E-state index is 0.0430. The maximum atomic E-state index is 12.8. The number of likely N-dealkylation sites (tertiary alicyclic amines) is 1. The van der Waals surface area contributed by atoms with Gasteiger partial charge in [0.1, 0.15) is 11.3 Å². The molecule has 0 saturated carbocycles. The highest BCUT2D eigenvalue weighted by Gasteiger charge is 2.39. The van der Waals surface area contributed by atoms with Gasteiger partial charge in [0.05, 0.1) is 6.04 Å². The number of amides is 2. The smallest absolute Gasteiger partial charge is 0.262 e. The fraction of sp³-hybridized carbons (Fsp3) is 0.476. The highest BCUT2D eigenvalue weighted by Crippen LogP contribution is 2.26. The molecular weight excluding hydrogens is 380 g/mol. The Kier molecular flexibility index (Phi) is 6.08. The van der Waals surface area contributed by atoms with Crippen LogP contribution in [0.2, 0.25) is 5.02 Å². The van der Waals surface area contributed by atoms with E-state index in [1.54, 1.807) is 29.2 Å². The second-order valence-corrected chi connectivity index (χ2v) is 8.29. The van der Waals surface area contributed by atoms with Crippen LogP contribution in [-0.2, 0) is 9.59 Å². The lowest BCUT2D eigenvalue weighted by Crippen LogP contribution is -2.42. The van der Waals surface area contributed by atoms with E-state index < -0.39 is 17.9 Å². The van der Waals surface area contributed by atoms with Gasteiger partial charge in [-0.25, -0.2) is 0 Å². The van der Waals surface area contributed by atoms with Crippen molar-refractivity contribution in [3.8, 4) is 0 Å². The van der Waals surface area contributed by atoms with E-state index >= 15 is 0 Å². The summed E-state index contributed by atoms with van der Waals surface area (Å²) in [5.74, 6) is -0.994. The monoisotopic (exact) mass is 404 g/mol. The van der Waals surface area contributed by atoms with Crippen molar-refractivity contribution in [2.75, 3.05) is 13.1 Å². The van der Waals surface area contributed by atoms with Gasteiger partial charge in [0.25, 0.3) is 11.8 Å². The van der Waals surface area contributed by atoms with Crippen molar-refractivity contribution in [2.24, 2.45) is 11.8 Å². The molecule has 7 heteroatoms. The largest absolute Gasteiger partial charge is 0.509 e. The first-order chi connectivity index (χ1) is 13.3. The Morgan fingerprint density at radius 3 is 2.39 bits per heavy atom. The van der Waals surface area contributed by atoms with Crippen molar-refractivity contribution < 1.29 is 19.5 Å². The van der Waals surface area contributed by atoms with E-state index in [4.69, 9.17) is 11.6 Å². The third kappa shape index (κ3) is 4.22. The van der Waals surface area contributed by atoms with E-state index in [-0.39, 0.29) is 29.0 Å². The number of halogens is 1. The number of hydrogen-bond acceptors (Lipinski definition) is 4. The molecule has 0 aromatic heterocycles. The molecule has 2 aliphatic rings. The Hall–Kier alpha value is -2.34.